The van der Waals surface area contributed by atoms with Crippen LogP contribution < -0.4 is 0 Å². The molecule has 2 aromatic rings. The normalized spacial score (nSPS) is 25.1. The molecule has 2 aromatic carbocycles. The van der Waals surface area contributed by atoms with Gasteiger partial charge in [0.2, 0.25) is 5.78 Å². The molecule has 7 nitrogen and oxygen atoms in total. The van der Waals surface area contributed by atoms with E-state index in [2.05, 4.69) is 27.7 Å². The molecule has 0 saturated heterocycles. The van der Waals surface area contributed by atoms with Gasteiger partial charge >= 0.3 is 0 Å². The average molecular weight is 563 g/mol. The van der Waals surface area contributed by atoms with Crippen LogP contribution >= 0.6 is 0 Å². The third-order valence-corrected chi connectivity index (χ3v) is 8.64. The number of rotatable bonds is 6. The first-order valence-corrected chi connectivity index (χ1v) is 14.8. The van der Waals surface area contributed by atoms with E-state index in [1.54, 1.807) is 12.2 Å². The molecule has 2 aliphatic heterocycles. The van der Waals surface area contributed by atoms with Gasteiger partial charge in [0, 0.05) is 36.4 Å². The van der Waals surface area contributed by atoms with Crippen LogP contribution in [0.15, 0.2) is 94.4 Å². The molecule has 216 valence electrons. The van der Waals surface area contributed by atoms with Crippen molar-refractivity contribution < 1.29 is 14.4 Å². The van der Waals surface area contributed by atoms with Gasteiger partial charge in [-0.2, -0.15) is 10.2 Å². The molecule has 0 N–H and O–H groups in total. The van der Waals surface area contributed by atoms with Crippen molar-refractivity contribution in [2.75, 3.05) is 13.1 Å². The van der Waals surface area contributed by atoms with Gasteiger partial charge in [-0.15, -0.1) is 0 Å². The molecule has 42 heavy (non-hydrogen) atoms. The maximum absolute atomic E-state index is 14.6. The van der Waals surface area contributed by atoms with Crippen LogP contribution in [-0.4, -0.2) is 51.9 Å². The SMILES string of the molecule is CC1(C)CC(=O)C=C(N2CC(c3ccccc3)C(C(=O)C3=NN(C4=CC(=O)CC(C)(C)C4)CC3c3ccccc3)=N2)C1. The quantitative estimate of drug-likeness (QED) is 0.431. The minimum Gasteiger partial charge on any atom is -0.295 e. The third-order valence-electron chi connectivity index (χ3n) is 8.64. The zero-order valence-electron chi connectivity index (χ0n) is 24.8. The summed E-state index contributed by atoms with van der Waals surface area (Å²) in [5.74, 6) is -0.535. The van der Waals surface area contributed by atoms with Gasteiger partial charge in [0.05, 0.1) is 24.9 Å². The molecule has 7 heteroatoms. The Bertz CT molecular complexity index is 1430. The lowest BCUT2D eigenvalue weighted by atomic mass is 9.78. The maximum Gasteiger partial charge on any atom is 0.226 e. The van der Waals surface area contributed by atoms with Gasteiger partial charge in [0.15, 0.2) is 11.6 Å². The van der Waals surface area contributed by atoms with E-state index in [9.17, 15) is 14.4 Å². The third kappa shape index (κ3) is 5.65. The molecule has 2 atom stereocenters. The summed E-state index contributed by atoms with van der Waals surface area (Å²) < 4.78 is 0. The van der Waals surface area contributed by atoms with Gasteiger partial charge in [0.25, 0.3) is 0 Å². The molecule has 0 aromatic heterocycles. The second-order valence-corrected chi connectivity index (χ2v) is 13.6. The molecule has 2 unspecified atom stereocenters. The van der Waals surface area contributed by atoms with E-state index in [0.29, 0.717) is 50.2 Å². The Hall–Kier alpha value is -4.13. The number of carbonyl (C=O) groups excluding carboxylic acids is 3. The van der Waals surface area contributed by atoms with Crippen LogP contribution in [0.2, 0.25) is 0 Å². The highest BCUT2D eigenvalue weighted by molar-refractivity contribution is 6.68. The summed E-state index contributed by atoms with van der Waals surface area (Å²) >= 11 is 0. The molecule has 0 fully saturated rings. The molecule has 0 radical (unpaired) electrons. The topological polar surface area (TPSA) is 82.4 Å². The fourth-order valence-electron chi connectivity index (χ4n) is 6.75. The lowest BCUT2D eigenvalue weighted by molar-refractivity contribution is -0.118. The average Bonchev–Trinajstić information content (AvgIpc) is 3.58. The number of benzene rings is 2. The molecular weight excluding hydrogens is 524 g/mol. The number of allylic oxidation sites excluding steroid dienone is 4. The number of hydrazone groups is 2. The Balaban J connectivity index is 1.40. The highest BCUT2D eigenvalue weighted by Gasteiger charge is 2.43. The minimum atomic E-state index is -0.262. The predicted octanol–water partition coefficient (Wildman–Crippen LogP) is 6.01. The van der Waals surface area contributed by atoms with Crippen LogP contribution in [-0.2, 0) is 14.4 Å². The number of ketones is 3. The van der Waals surface area contributed by atoms with Crippen molar-refractivity contribution in [2.24, 2.45) is 21.0 Å². The highest BCUT2D eigenvalue weighted by Crippen LogP contribution is 2.40. The lowest BCUT2D eigenvalue weighted by Gasteiger charge is -2.32. The summed E-state index contributed by atoms with van der Waals surface area (Å²) in [5.41, 5.74) is 4.25. The lowest BCUT2D eigenvalue weighted by Crippen LogP contribution is -2.31. The van der Waals surface area contributed by atoms with Crippen molar-refractivity contribution in [3.05, 3.63) is 95.3 Å². The van der Waals surface area contributed by atoms with Crippen molar-refractivity contribution in [1.29, 1.82) is 0 Å². The van der Waals surface area contributed by atoms with Crippen molar-refractivity contribution in [3.63, 3.8) is 0 Å². The Morgan fingerprint density at radius 2 is 1.02 bits per heavy atom. The molecule has 2 aliphatic carbocycles. The van der Waals surface area contributed by atoms with E-state index < -0.39 is 0 Å². The van der Waals surface area contributed by atoms with Crippen LogP contribution in [0.1, 0.15) is 76.3 Å². The monoisotopic (exact) mass is 562 g/mol. The summed E-state index contributed by atoms with van der Waals surface area (Å²) in [6.07, 6.45) is 5.82. The summed E-state index contributed by atoms with van der Waals surface area (Å²) in [6.45, 7) is 9.35. The van der Waals surface area contributed by atoms with Crippen molar-refractivity contribution in [2.45, 2.75) is 65.2 Å². The summed E-state index contributed by atoms with van der Waals surface area (Å²) in [5, 5.41) is 13.6. The molecule has 0 amide bonds. The maximum atomic E-state index is 14.6. The number of Topliss-reactive ketones (excluding diaryl/α,β-unsaturated/α-hetero) is 1. The molecular formula is C35H38N4O3. The number of nitrogens with zero attached hydrogens (tertiary/aromatic N) is 4. The number of carbonyl (C=O) groups is 3. The Morgan fingerprint density at radius 1 is 0.643 bits per heavy atom. The second-order valence-electron chi connectivity index (χ2n) is 13.6. The Morgan fingerprint density at radius 3 is 1.38 bits per heavy atom. The summed E-state index contributed by atoms with van der Waals surface area (Å²) in [7, 11) is 0. The van der Waals surface area contributed by atoms with Crippen molar-refractivity contribution in [3.8, 4) is 0 Å². The van der Waals surface area contributed by atoms with Crippen molar-refractivity contribution >= 4 is 28.8 Å². The zero-order chi connectivity index (χ0) is 29.6. The van der Waals surface area contributed by atoms with Gasteiger partial charge in [-0.3, -0.25) is 24.4 Å². The molecule has 0 saturated carbocycles. The largest absolute Gasteiger partial charge is 0.295 e. The standard InChI is InChI=1S/C35H38N4O3/c1-34(2)17-25(15-27(40)19-34)38-21-29(23-11-7-5-8-12-23)31(36-38)33(42)32-30(24-13-9-6-10-14-24)22-39(37-32)26-16-28(41)20-35(3,4)18-26/h5-16,29-30H,17-22H2,1-4H3. The van der Waals surface area contributed by atoms with E-state index in [4.69, 9.17) is 10.2 Å². The number of hydrogen-bond acceptors (Lipinski definition) is 7. The zero-order valence-corrected chi connectivity index (χ0v) is 24.8. The molecule has 2 heterocycles. The van der Waals surface area contributed by atoms with Crippen molar-refractivity contribution in [1.82, 2.24) is 10.0 Å². The van der Waals surface area contributed by atoms with E-state index in [1.165, 1.54) is 0 Å². The van der Waals surface area contributed by atoms with Gasteiger partial charge in [-0.05, 0) is 34.8 Å². The van der Waals surface area contributed by atoms with Gasteiger partial charge in [-0.1, -0.05) is 88.4 Å². The van der Waals surface area contributed by atoms with Gasteiger partial charge in [-0.25, -0.2) is 0 Å². The molecule has 6 rings (SSSR count). The van der Waals surface area contributed by atoms with E-state index >= 15 is 0 Å². The smallest absolute Gasteiger partial charge is 0.226 e. The fourth-order valence-corrected chi connectivity index (χ4v) is 6.75. The number of hydrogen-bond donors (Lipinski definition) is 0. The minimum absolute atomic E-state index is 0.0886. The van der Waals surface area contributed by atoms with E-state index in [-0.39, 0.29) is 40.0 Å². The van der Waals surface area contributed by atoms with E-state index in [1.807, 2.05) is 70.7 Å². The van der Waals surface area contributed by atoms with Gasteiger partial charge < -0.3 is 0 Å². The summed E-state index contributed by atoms with van der Waals surface area (Å²) in [4.78, 5) is 39.8. The molecule has 0 spiro atoms. The van der Waals surface area contributed by atoms with Crippen LogP contribution in [0.4, 0.5) is 0 Å². The van der Waals surface area contributed by atoms with E-state index in [0.717, 1.165) is 22.5 Å². The Kier molecular flexibility index (Phi) is 7.08. The van der Waals surface area contributed by atoms with Gasteiger partial charge in [0.1, 0.15) is 11.4 Å². The summed E-state index contributed by atoms with van der Waals surface area (Å²) in [6, 6.07) is 19.9. The van der Waals surface area contributed by atoms with Crippen LogP contribution in [0, 0.1) is 10.8 Å². The first-order chi connectivity index (χ1) is 20.0. The first kappa shape index (κ1) is 28.0. The highest BCUT2D eigenvalue weighted by atomic mass is 16.1. The first-order valence-electron chi connectivity index (χ1n) is 14.8. The molecule has 0 bridgehead atoms. The second kappa shape index (κ2) is 10.6. The fraction of sp³-hybridized carbons (Fsp3) is 0.400. The molecule has 4 aliphatic rings. The Labute approximate surface area is 247 Å². The predicted molar refractivity (Wildman–Crippen MR) is 164 cm³/mol. The van der Waals surface area contributed by atoms with Crippen LogP contribution in [0.5, 0.6) is 0 Å². The van der Waals surface area contributed by atoms with Crippen LogP contribution in [0.25, 0.3) is 0 Å². The van der Waals surface area contributed by atoms with Crippen LogP contribution in [0.3, 0.4) is 0 Å².